The molecule has 2 heterocycles. The number of nitrogens with zero attached hydrogens (tertiary/aromatic N) is 2. The van der Waals surface area contributed by atoms with Gasteiger partial charge in [-0.3, -0.25) is 14.2 Å². The number of carbonyl (C=O) groups excluding carboxylic acids is 1. The van der Waals surface area contributed by atoms with Gasteiger partial charge in [0, 0.05) is 30.8 Å². The fourth-order valence-corrected chi connectivity index (χ4v) is 3.56. The minimum Gasteiger partial charge on any atom is -0.311 e. The van der Waals surface area contributed by atoms with Crippen molar-refractivity contribution in [2.75, 3.05) is 11.4 Å². The van der Waals surface area contributed by atoms with Crippen LogP contribution >= 0.6 is 22.6 Å². The minimum absolute atomic E-state index is 0.0276. The van der Waals surface area contributed by atoms with Gasteiger partial charge in [0.15, 0.2) is 0 Å². The SMILES string of the molecule is CC(=O)N1CC(C)(C)c2ccc(-n3ccc(C)c(I)c3=O)cc21. The van der Waals surface area contributed by atoms with Crippen molar-refractivity contribution in [1.29, 1.82) is 0 Å². The van der Waals surface area contributed by atoms with Gasteiger partial charge in [-0.2, -0.15) is 0 Å². The van der Waals surface area contributed by atoms with E-state index >= 15 is 0 Å². The Labute approximate surface area is 149 Å². The summed E-state index contributed by atoms with van der Waals surface area (Å²) >= 11 is 2.08. The van der Waals surface area contributed by atoms with Gasteiger partial charge in [0.25, 0.3) is 5.56 Å². The molecule has 0 atom stereocenters. The number of aromatic nitrogens is 1. The third-order valence-electron chi connectivity index (χ3n) is 4.44. The topological polar surface area (TPSA) is 42.3 Å². The standard InChI is InChI=1S/C18H19IN2O2/c1-11-7-8-20(17(23)16(11)19)13-5-6-14-15(9-13)21(12(2)22)10-18(14,3)4/h5-9H,10H2,1-4H3. The lowest BCUT2D eigenvalue weighted by atomic mass is 9.87. The van der Waals surface area contributed by atoms with Gasteiger partial charge in [-0.25, -0.2) is 0 Å². The van der Waals surface area contributed by atoms with Crippen molar-refractivity contribution in [3.8, 4) is 5.69 Å². The van der Waals surface area contributed by atoms with Crippen LogP contribution in [-0.2, 0) is 10.2 Å². The molecule has 0 unspecified atom stereocenters. The van der Waals surface area contributed by atoms with Crippen LogP contribution in [0.25, 0.3) is 5.69 Å². The summed E-state index contributed by atoms with van der Waals surface area (Å²) < 4.78 is 2.35. The Hall–Kier alpha value is -1.63. The van der Waals surface area contributed by atoms with Gasteiger partial charge in [0.1, 0.15) is 0 Å². The smallest absolute Gasteiger partial charge is 0.268 e. The van der Waals surface area contributed by atoms with Crippen molar-refractivity contribution in [3.05, 3.63) is 55.5 Å². The van der Waals surface area contributed by atoms with Crippen LogP contribution in [0.1, 0.15) is 31.9 Å². The van der Waals surface area contributed by atoms with Crippen LogP contribution in [0.2, 0.25) is 0 Å². The van der Waals surface area contributed by atoms with Crippen molar-refractivity contribution in [2.45, 2.75) is 33.1 Å². The lowest BCUT2D eigenvalue weighted by Gasteiger charge is -2.19. The van der Waals surface area contributed by atoms with E-state index in [1.54, 1.807) is 22.6 Å². The number of pyridine rings is 1. The summed E-state index contributed by atoms with van der Waals surface area (Å²) in [6, 6.07) is 7.87. The molecule has 0 bridgehead atoms. The first-order valence-electron chi connectivity index (χ1n) is 7.53. The van der Waals surface area contributed by atoms with E-state index in [0.717, 1.165) is 22.5 Å². The molecule has 3 rings (SSSR count). The van der Waals surface area contributed by atoms with Crippen molar-refractivity contribution in [3.63, 3.8) is 0 Å². The number of aryl methyl sites for hydroxylation is 1. The van der Waals surface area contributed by atoms with Gasteiger partial charge >= 0.3 is 0 Å². The Morgan fingerprint density at radius 1 is 1.26 bits per heavy atom. The maximum atomic E-state index is 12.5. The Kier molecular flexibility index (Phi) is 3.86. The van der Waals surface area contributed by atoms with Crippen molar-refractivity contribution in [1.82, 2.24) is 4.57 Å². The van der Waals surface area contributed by atoms with E-state index < -0.39 is 0 Å². The Morgan fingerprint density at radius 2 is 1.96 bits per heavy atom. The first kappa shape index (κ1) is 16.2. The third-order valence-corrected chi connectivity index (χ3v) is 5.75. The lowest BCUT2D eigenvalue weighted by Crippen LogP contribution is -2.32. The molecule has 0 radical (unpaired) electrons. The van der Waals surface area contributed by atoms with Crippen LogP contribution in [0, 0.1) is 10.5 Å². The molecule has 0 spiro atoms. The number of amides is 1. The van der Waals surface area contributed by atoms with Gasteiger partial charge in [-0.1, -0.05) is 19.9 Å². The fraction of sp³-hybridized carbons (Fsp3) is 0.333. The summed E-state index contributed by atoms with van der Waals surface area (Å²) in [5, 5.41) is 0. The van der Waals surface area contributed by atoms with Crippen molar-refractivity contribution >= 4 is 34.2 Å². The van der Waals surface area contributed by atoms with E-state index in [2.05, 4.69) is 36.4 Å². The van der Waals surface area contributed by atoms with Crippen molar-refractivity contribution < 1.29 is 4.79 Å². The van der Waals surface area contributed by atoms with E-state index in [1.807, 2.05) is 31.2 Å². The molecule has 1 aromatic carbocycles. The number of halogens is 1. The molecule has 5 heteroatoms. The molecular formula is C18H19IN2O2. The van der Waals surface area contributed by atoms with Crippen LogP contribution in [-0.4, -0.2) is 17.0 Å². The number of carbonyl (C=O) groups is 1. The summed E-state index contributed by atoms with van der Waals surface area (Å²) in [6.07, 6.45) is 1.79. The third kappa shape index (κ3) is 2.60. The molecule has 2 aromatic rings. The predicted molar refractivity (Wildman–Crippen MR) is 101 cm³/mol. The molecule has 1 amide bonds. The normalized spacial score (nSPS) is 15.6. The molecule has 0 N–H and O–H groups in total. The van der Waals surface area contributed by atoms with Gasteiger partial charge in [0.2, 0.25) is 5.91 Å². The zero-order valence-corrected chi connectivity index (χ0v) is 15.8. The maximum absolute atomic E-state index is 12.5. The Balaban J connectivity index is 2.19. The second kappa shape index (κ2) is 5.47. The monoisotopic (exact) mass is 422 g/mol. The highest BCUT2D eigenvalue weighted by molar-refractivity contribution is 14.1. The van der Waals surface area contributed by atoms with E-state index in [0.29, 0.717) is 10.1 Å². The molecule has 0 saturated carbocycles. The number of anilines is 1. The summed E-state index contributed by atoms with van der Waals surface area (Å²) in [5.74, 6) is 0.0276. The highest BCUT2D eigenvalue weighted by atomic mass is 127. The number of hydrogen-bond acceptors (Lipinski definition) is 2. The first-order valence-corrected chi connectivity index (χ1v) is 8.61. The van der Waals surface area contributed by atoms with Crippen LogP contribution < -0.4 is 10.5 Å². The van der Waals surface area contributed by atoms with E-state index in [9.17, 15) is 9.59 Å². The molecule has 1 aliphatic heterocycles. The molecule has 23 heavy (non-hydrogen) atoms. The Bertz CT molecular complexity index is 868. The molecule has 1 aliphatic rings. The van der Waals surface area contributed by atoms with E-state index in [1.165, 1.54) is 0 Å². The van der Waals surface area contributed by atoms with E-state index in [-0.39, 0.29) is 16.9 Å². The van der Waals surface area contributed by atoms with Crippen LogP contribution in [0.5, 0.6) is 0 Å². The fourth-order valence-electron chi connectivity index (χ4n) is 3.12. The molecule has 0 saturated heterocycles. The van der Waals surface area contributed by atoms with Gasteiger partial charge < -0.3 is 4.90 Å². The zero-order valence-electron chi connectivity index (χ0n) is 13.7. The highest BCUT2D eigenvalue weighted by Gasteiger charge is 2.36. The Morgan fingerprint density at radius 3 is 2.61 bits per heavy atom. The number of rotatable bonds is 1. The number of fused-ring (bicyclic) bond motifs is 1. The number of hydrogen-bond donors (Lipinski definition) is 0. The molecular weight excluding hydrogens is 403 g/mol. The first-order chi connectivity index (χ1) is 10.7. The minimum atomic E-state index is -0.0772. The largest absolute Gasteiger partial charge is 0.311 e. The van der Waals surface area contributed by atoms with Crippen LogP contribution in [0.15, 0.2) is 35.3 Å². The van der Waals surface area contributed by atoms with Crippen LogP contribution in [0.4, 0.5) is 5.69 Å². The average molecular weight is 422 g/mol. The summed E-state index contributed by atoms with van der Waals surface area (Å²) in [4.78, 5) is 26.3. The predicted octanol–water partition coefficient (Wildman–Crippen LogP) is 3.39. The second-order valence-corrected chi connectivity index (χ2v) is 7.76. The molecule has 1 aromatic heterocycles. The molecule has 4 nitrogen and oxygen atoms in total. The maximum Gasteiger partial charge on any atom is 0.268 e. The molecule has 0 aliphatic carbocycles. The molecule has 0 fully saturated rings. The second-order valence-electron chi connectivity index (χ2n) is 6.68. The van der Waals surface area contributed by atoms with Gasteiger partial charge in [-0.15, -0.1) is 0 Å². The quantitative estimate of drug-likeness (QED) is 0.662. The van der Waals surface area contributed by atoms with Crippen molar-refractivity contribution in [2.24, 2.45) is 0 Å². The summed E-state index contributed by atoms with van der Waals surface area (Å²) in [5.41, 5.74) is 3.70. The lowest BCUT2D eigenvalue weighted by molar-refractivity contribution is -0.116. The van der Waals surface area contributed by atoms with Gasteiger partial charge in [-0.05, 0) is 58.8 Å². The summed E-state index contributed by atoms with van der Waals surface area (Å²) in [6.45, 7) is 8.45. The van der Waals surface area contributed by atoms with E-state index in [4.69, 9.17) is 0 Å². The molecule has 120 valence electrons. The number of benzene rings is 1. The van der Waals surface area contributed by atoms with Gasteiger partial charge in [0.05, 0.1) is 9.26 Å². The summed E-state index contributed by atoms with van der Waals surface area (Å²) in [7, 11) is 0. The zero-order chi connectivity index (χ0) is 16.9. The highest BCUT2D eigenvalue weighted by Crippen LogP contribution is 2.41. The van der Waals surface area contributed by atoms with Crippen LogP contribution in [0.3, 0.4) is 0 Å². The average Bonchev–Trinajstić information content (AvgIpc) is 2.76.